The van der Waals surface area contributed by atoms with Gasteiger partial charge in [0.1, 0.15) is 0 Å². The van der Waals surface area contributed by atoms with Gasteiger partial charge in [-0.25, -0.2) is 0 Å². The fourth-order valence-electron chi connectivity index (χ4n) is 1.49. The molecule has 5 nitrogen and oxygen atoms in total. The van der Waals surface area contributed by atoms with Gasteiger partial charge < -0.3 is 10.1 Å². The summed E-state index contributed by atoms with van der Waals surface area (Å²) in [4.78, 5) is 12.1. The van der Waals surface area contributed by atoms with Crippen molar-refractivity contribution in [2.45, 2.75) is 20.3 Å². The van der Waals surface area contributed by atoms with Crippen LogP contribution in [0.4, 0.5) is 11.6 Å². The van der Waals surface area contributed by atoms with E-state index in [9.17, 15) is 0 Å². The van der Waals surface area contributed by atoms with Crippen molar-refractivity contribution in [3.8, 4) is 6.01 Å². The van der Waals surface area contributed by atoms with Crippen LogP contribution < -0.4 is 10.1 Å². The lowest BCUT2D eigenvalue weighted by Crippen LogP contribution is -2.05. The van der Waals surface area contributed by atoms with Crippen LogP contribution in [0.2, 0.25) is 5.28 Å². The van der Waals surface area contributed by atoms with Crippen LogP contribution in [-0.4, -0.2) is 21.6 Å². The topological polar surface area (TPSA) is 59.9 Å². The lowest BCUT2D eigenvalue weighted by molar-refractivity contribution is 0.292. The number of hydrogen-bond donors (Lipinski definition) is 1. The van der Waals surface area contributed by atoms with Crippen LogP contribution in [0.1, 0.15) is 18.9 Å². The summed E-state index contributed by atoms with van der Waals surface area (Å²) < 4.78 is 6.29. The maximum Gasteiger partial charge on any atom is 0.322 e. The predicted molar refractivity (Wildman–Crippen MR) is 82.8 cm³/mol. The van der Waals surface area contributed by atoms with Crippen LogP contribution in [-0.2, 0) is 0 Å². The number of rotatable bonds is 5. The minimum absolute atomic E-state index is 0.0943. The van der Waals surface area contributed by atoms with Gasteiger partial charge >= 0.3 is 6.01 Å². The first-order chi connectivity index (χ1) is 9.58. The molecule has 1 heterocycles. The average molecular weight is 358 g/mol. The number of ether oxygens (including phenoxy) is 1. The highest BCUT2D eigenvalue weighted by Crippen LogP contribution is 2.26. The summed E-state index contributed by atoms with van der Waals surface area (Å²) in [5.74, 6) is 0.348. The Bertz CT molecular complexity index is 609. The van der Waals surface area contributed by atoms with E-state index in [0.29, 0.717) is 12.6 Å². The van der Waals surface area contributed by atoms with Gasteiger partial charge in [-0.05, 0) is 58.6 Å². The van der Waals surface area contributed by atoms with Gasteiger partial charge in [0.25, 0.3) is 0 Å². The fraction of sp³-hybridized carbons (Fsp3) is 0.308. The molecule has 0 spiro atoms. The largest absolute Gasteiger partial charge is 0.463 e. The Morgan fingerprint density at radius 2 is 2.10 bits per heavy atom. The van der Waals surface area contributed by atoms with E-state index in [4.69, 9.17) is 16.3 Å². The molecule has 0 fully saturated rings. The molecule has 0 bridgehead atoms. The summed E-state index contributed by atoms with van der Waals surface area (Å²) in [6.45, 7) is 4.56. The summed E-state index contributed by atoms with van der Waals surface area (Å²) in [5, 5.41) is 3.18. The Balaban J connectivity index is 2.21. The van der Waals surface area contributed by atoms with Crippen LogP contribution >= 0.6 is 27.5 Å². The van der Waals surface area contributed by atoms with Crippen LogP contribution in [0.25, 0.3) is 0 Å². The molecule has 0 radical (unpaired) electrons. The van der Waals surface area contributed by atoms with Crippen molar-refractivity contribution in [2.24, 2.45) is 0 Å². The van der Waals surface area contributed by atoms with Gasteiger partial charge in [-0.1, -0.05) is 13.0 Å². The van der Waals surface area contributed by atoms with Crippen LogP contribution in [0.3, 0.4) is 0 Å². The minimum atomic E-state index is 0.0943. The van der Waals surface area contributed by atoms with E-state index in [2.05, 4.69) is 36.2 Å². The molecule has 1 aromatic carbocycles. The first kappa shape index (κ1) is 15.0. The quantitative estimate of drug-likeness (QED) is 0.872. The number of aryl methyl sites for hydroxylation is 1. The molecule has 0 aliphatic rings. The zero-order valence-electron chi connectivity index (χ0n) is 11.2. The highest BCUT2D eigenvalue weighted by atomic mass is 79.9. The number of benzene rings is 1. The summed E-state index contributed by atoms with van der Waals surface area (Å²) in [7, 11) is 0. The zero-order chi connectivity index (χ0) is 14.5. The van der Waals surface area contributed by atoms with Gasteiger partial charge in [-0.2, -0.15) is 15.0 Å². The number of nitrogens with one attached hydrogen (secondary N) is 1. The summed E-state index contributed by atoms with van der Waals surface area (Å²) in [6, 6.07) is 6.14. The third-order valence-corrected chi connectivity index (χ3v) is 3.22. The molecular weight excluding hydrogens is 344 g/mol. The molecule has 2 rings (SSSR count). The Morgan fingerprint density at radius 1 is 1.30 bits per heavy atom. The molecule has 20 heavy (non-hydrogen) atoms. The maximum absolute atomic E-state index is 5.87. The van der Waals surface area contributed by atoms with Gasteiger partial charge in [-0.3, -0.25) is 0 Å². The highest BCUT2D eigenvalue weighted by molar-refractivity contribution is 9.10. The van der Waals surface area contributed by atoms with Crippen molar-refractivity contribution >= 4 is 39.2 Å². The SMILES string of the molecule is CCCOc1nc(Cl)nc(Nc2ccc(C)cc2Br)n1. The molecule has 0 aliphatic heterocycles. The third-order valence-electron chi connectivity index (χ3n) is 2.39. The Kier molecular flexibility index (Phi) is 5.14. The van der Waals surface area contributed by atoms with Crippen molar-refractivity contribution in [1.29, 1.82) is 0 Å². The van der Waals surface area contributed by atoms with E-state index < -0.39 is 0 Å². The van der Waals surface area contributed by atoms with Crippen LogP contribution in [0.5, 0.6) is 6.01 Å². The van der Waals surface area contributed by atoms with E-state index in [1.54, 1.807) is 0 Å². The van der Waals surface area contributed by atoms with E-state index in [0.717, 1.165) is 22.1 Å². The second kappa shape index (κ2) is 6.85. The lowest BCUT2D eigenvalue weighted by atomic mass is 10.2. The number of hydrogen-bond acceptors (Lipinski definition) is 5. The summed E-state index contributed by atoms with van der Waals surface area (Å²) in [5.41, 5.74) is 2.00. The smallest absolute Gasteiger partial charge is 0.322 e. The van der Waals surface area contributed by atoms with Gasteiger partial charge in [-0.15, -0.1) is 0 Å². The molecule has 0 amide bonds. The second-order valence-electron chi connectivity index (χ2n) is 4.17. The van der Waals surface area contributed by atoms with E-state index in [-0.39, 0.29) is 11.3 Å². The number of anilines is 2. The van der Waals surface area contributed by atoms with Crippen LogP contribution in [0, 0.1) is 6.92 Å². The van der Waals surface area contributed by atoms with Gasteiger partial charge in [0.15, 0.2) is 0 Å². The number of halogens is 2. The summed E-state index contributed by atoms with van der Waals surface area (Å²) >= 11 is 9.35. The van der Waals surface area contributed by atoms with Crippen molar-refractivity contribution < 1.29 is 4.74 Å². The summed E-state index contributed by atoms with van der Waals surface area (Å²) in [6.07, 6.45) is 0.871. The molecule has 0 saturated heterocycles. The standard InChI is InChI=1S/C13H14BrClN4O/c1-3-6-20-13-18-11(15)17-12(19-13)16-10-5-4-8(2)7-9(10)14/h4-5,7H,3,6H2,1-2H3,(H,16,17,18,19). The highest BCUT2D eigenvalue weighted by Gasteiger charge is 2.08. The lowest BCUT2D eigenvalue weighted by Gasteiger charge is -2.09. The molecule has 0 saturated carbocycles. The van der Waals surface area contributed by atoms with Gasteiger partial charge in [0, 0.05) is 4.47 Å². The fourth-order valence-corrected chi connectivity index (χ4v) is 2.23. The van der Waals surface area contributed by atoms with E-state index in [1.807, 2.05) is 32.0 Å². The van der Waals surface area contributed by atoms with Crippen LogP contribution in [0.15, 0.2) is 22.7 Å². The molecule has 1 aromatic heterocycles. The van der Waals surface area contributed by atoms with Crippen molar-refractivity contribution in [3.63, 3.8) is 0 Å². The predicted octanol–water partition coefficient (Wildman–Crippen LogP) is 4.13. The normalized spacial score (nSPS) is 10.4. The average Bonchev–Trinajstić information content (AvgIpc) is 2.39. The molecular formula is C13H14BrClN4O. The third kappa shape index (κ3) is 4.05. The number of aromatic nitrogens is 3. The molecule has 2 aromatic rings. The van der Waals surface area contributed by atoms with Crippen molar-refractivity contribution in [3.05, 3.63) is 33.5 Å². The maximum atomic E-state index is 5.87. The van der Waals surface area contributed by atoms with Gasteiger partial charge in [0.2, 0.25) is 11.2 Å². The minimum Gasteiger partial charge on any atom is -0.463 e. The second-order valence-corrected chi connectivity index (χ2v) is 5.36. The Morgan fingerprint density at radius 3 is 2.80 bits per heavy atom. The molecule has 0 atom stereocenters. The first-order valence-electron chi connectivity index (χ1n) is 6.16. The zero-order valence-corrected chi connectivity index (χ0v) is 13.5. The number of nitrogens with zero attached hydrogens (tertiary/aromatic N) is 3. The molecule has 106 valence electrons. The van der Waals surface area contributed by atoms with E-state index >= 15 is 0 Å². The van der Waals surface area contributed by atoms with E-state index in [1.165, 1.54) is 0 Å². The Labute approximate surface area is 130 Å². The molecule has 0 unspecified atom stereocenters. The molecule has 0 aliphatic carbocycles. The van der Waals surface area contributed by atoms with Gasteiger partial charge in [0.05, 0.1) is 12.3 Å². The molecule has 1 N–H and O–H groups in total. The first-order valence-corrected chi connectivity index (χ1v) is 7.33. The monoisotopic (exact) mass is 356 g/mol. The van der Waals surface area contributed by atoms with Crippen molar-refractivity contribution in [1.82, 2.24) is 15.0 Å². The Hall–Kier alpha value is -1.40. The van der Waals surface area contributed by atoms with Crippen molar-refractivity contribution in [2.75, 3.05) is 11.9 Å². The molecule has 7 heteroatoms.